The quantitative estimate of drug-likeness (QED) is 0.563. The van der Waals surface area contributed by atoms with Crippen LogP contribution < -0.4 is 5.73 Å². The summed E-state index contributed by atoms with van der Waals surface area (Å²) < 4.78 is 0. The second kappa shape index (κ2) is 5.83. The number of hydrogen-bond donors (Lipinski definition) is 2. The van der Waals surface area contributed by atoms with Gasteiger partial charge in [0, 0.05) is 18.0 Å². The van der Waals surface area contributed by atoms with Gasteiger partial charge >= 0.3 is 0 Å². The van der Waals surface area contributed by atoms with Crippen LogP contribution in [0.2, 0.25) is 0 Å². The van der Waals surface area contributed by atoms with E-state index in [0.29, 0.717) is 11.9 Å². The summed E-state index contributed by atoms with van der Waals surface area (Å²) in [4.78, 5) is 4.83. The zero-order valence-corrected chi connectivity index (χ0v) is 11.8. The summed E-state index contributed by atoms with van der Waals surface area (Å²) in [5, 5.41) is 7.57. The smallest absolute Gasteiger partial charge is 0.0963 e. The number of likely N-dealkylation sites (N-methyl/N-ethyl adjacent to an activating group) is 1. The van der Waals surface area contributed by atoms with Crippen molar-refractivity contribution in [3.05, 3.63) is 0 Å². The molecule has 0 aromatic heterocycles. The van der Waals surface area contributed by atoms with Gasteiger partial charge in [-0.15, -0.1) is 0 Å². The standard InChI is InChI=1S/C13H28N4/c1-13(2,12(14)15)7-9-17-8-5-6-11(10-17)16(3)4/h11H,5-10H2,1-4H3,(H3,14,15). The highest BCUT2D eigenvalue weighted by molar-refractivity contribution is 5.82. The van der Waals surface area contributed by atoms with E-state index in [-0.39, 0.29) is 5.41 Å². The summed E-state index contributed by atoms with van der Waals surface area (Å²) in [6, 6.07) is 0.684. The van der Waals surface area contributed by atoms with Gasteiger partial charge in [-0.1, -0.05) is 13.8 Å². The molecule has 0 bridgehead atoms. The van der Waals surface area contributed by atoms with Gasteiger partial charge in [-0.25, -0.2) is 0 Å². The Kier molecular flexibility index (Phi) is 4.95. The van der Waals surface area contributed by atoms with Crippen molar-refractivity contribution >= 4 is 5.84 Å². The third-order valence-corrected chi connectivity index (χ3v) is 3.99. The van der Waals surface area contributed by atoms with E-state index in [1.165, 1.54) is 19.4 Å². The van der Waals surface area contributed by atoms with E-state index >= 15 is 0 Å². The SMILES string of the molecule is CN(C)C1CCCN(CCC(C)(C)C(=N)N)C1. The molecular formula is C13H28N4. The molecule has 0 amide bonds. The van der Waals surface area contributed by atoms with Gasteiger partial charge in [-0.2, -0.15) is 0 Å². The lowest BCUT2D eigenvalue weighted by Crippen LogP contribution is -2.46. The maximum atomic E-state index is 7.57. The molecule has 100 valence electrons. The molecular weight excluding hydrogens is 212 g/mol. The second-order valence-electron chi connectivity index (χ2n) is 6.11. The maximum Gasteiger partial charge on any atom is 0.0963 e. The van der Waals surface area contributed by atoms with Crippen LogP contribution in [0.25, 0.3) is 0 Å². The molecule has 1 unspecified atom stereocenters. The number of rotatable bonds is 5. The van der Waals surface area contributed by atoms with Gasteiger partial charge in [0.1, 0.15) is 0 Å². The van der Waals surface area contributed by atoms with Crippen molar-refractivity contribution in [1.29, 1.82) is 5.41 Å². The van der Waals surface area contributed by atoms with Gasteiger partial charge in [0.15, 0.2) is 0 Å². The highest BCUT2D eigenvalue weighted by atomic mass is 15.2. The zero-order valence-electron chi connectivity index (χ0n) is 11.8. The molecule has 0 saturated carbocycles. The predicted molar refractivity (Wildman–Crippen MR) is 73.5 cm³/mol. The molecule has 4 heteroatoms. The van der Waals surface area contributed by atoms with Gasteiger partial charge in [0.25, 0.3) is 0 Å². The van der Waals surface area contributed by atoms with Crippen molar-refractivity contribution in [3.8, 4) is 0 Å². The topological polar surface area (TPSA) is 56.4 Å². The van der Waals surface area contributed by atoms with E-state index in [4.69, 9.17) is 11.1 Å². The first-order valence-electron chi connectivity index (χ1n) is 6.56. The minimum atomic E-state index is -0.162. The van der Waals surface area contributed by atoms with Gasteiger partial charge in [0.2, 0.25) is 0 Å². The van der Waals surface area contributed by atoms with Crippen LogP contribution >= 0.6 is 0 Å². The molecule has 0 radical (unpaired) electrons. The number of nitrogens with one attached hydrogen (secondary N) is 1. The summed E-state index contributed by atoms with van der Waals surface area (Å²) in [6.07, 6.45) is 3.56. The molecule has 0 aromatic carbocycles. The number of likely N-dealkylation sites (tertiary alicyclic amines) is 1. The fraction of sp³-hybridized carbons (Fsp3) is 0.923. The lowest BCUT2D eigenvalue weighted by atomic mass is 9.87. The van der Waals surface area contributed by atoms with Gasteiger partial charge in [-0.05, 0) is 46.4 Å². The first-order chi connectivity index (χ1) is 7.83. The molecule has 1 heterocycles. The minimum absolute atomic E-state index is 0.162. The zero-order chi connectivity index (χ0) is 13.1. The Morgan fingerprint density at radius 2 is 2.12 bits per heavy atom. The predicted octanol–water partition coefficient (Wildman–Crippen LogP) is 1.36. The monoisotopic (exact) mass is 240 g/mol. The molecule has 1 saturated heterocycles. The lowest BCUT2D eigenvalue weighted by Gasteiger charge is -2.37. The largest absolute Gasteiger partial charge is 0.387 e. The van der Waals surface area contributed by atoms with Crippen LogP contribution in [-0.4, -0.2) is 55.4 Å². The Morgan fingerprint density at radius 3 is 2.65 bits per heavy atom. The lowest BCUT2D eigenvalue weighted by molar-refractivity contribution is 0.125. The molecule has 0 aliphatic carbocycles. The third kappa shape index (κ3) is 4.28. The summed E-state index contributed by atoms with van der Waals surface area (Å²) in [7, 11) is 4.32. The number of piperidine rings is 1. The van der Waals surface area contributed by atoms with Crippen LogP contribution in [0.4, 0.5) is 0 Å². The Labute approximate surface area is 106 Å². The van der Waals surface area contributed by atoms with Crippen LogP contribution in [-0.2, 0) is 0 Å². The van der Waals surface area contributed by atoms with E-state index in [9.17, 15) is 0 Å². The molecule has 1 atom stereocenters. The fourth-order valence-electron chi connectivity index (χ4n) is 2.23. The average Bonchev–Trinajstić information content (AvgIpc) is 2.26. The van der Waals surface area contributed by atoms with Crippen LogP contribution in [0.15, 0.2) is 0 Å². The molecule has 0 aromatic rings. The number of hydrogen-bond acceptors (Lipinski definition) is 3. The number of nitrogens with zero attached hydrogens (tertiary/aromatic N) is 2. The fourth-order valence-corrected chi connectivity index (χ4v) is 2.23. The molecule has 0 spiro atoms. The van der Waals surface area contributed by atoms with Gasteiger partial charge < -0.3 is 15.5 Å². The van der Waals surface area contributed by atoms with Crippen LogP contribution in [0.3, 0.4) is 0 Å². The van der Waals surface area contributed by atoms with Crippen molar-refractivity contribution in [1.82, 2.24) is 9.80 Å². The van der Waals surface area contributed by atoms with Crippen molar-refractivity contribution in [2.75, 3.05) is 33.7 Å². The third-order valence-electron chi connectivity index (χ3n) is 3.99. The van der Waals surface area contributed by atoms with Crippen molar-refractivity contribution in [2.45, 2.75) is 39.2 Å². The van der Waals surface area contributed by atoms with E-state index < -0.39 is 0 Å². The van der Waals surface area contributed by atoms with E-state index in [0.717, 1.165) is 19.5 Å². The number of nitrogens with two attached hydrogens (primary N) is 1. The van der Waals surface area contributed by atoms with Crippen LogP contribution in [0.1, 0.15) is 33.1 Å². The highest BCUT2D eigenvalue weighted by Crippen LogP contribution is 2.22. The Morgan fingerprint density at radius 1 is 1.47 bits per heavy atom. The summed E-state index contributed by atoms with van der Waals surface area (Å²) >= 11 is 0. The minimum Gasteiger partial charge on any atom is -0.387 e. The Balaban J connectivity index is 2.39. The van der Waals surface area contributed by atoms with E-state index in [2.05, 4.69) is 37.7 Å². The van der Waals surface area contributed by atoms with Crippen molar-refractivity contribution < 1.29 is 0 Å². The molecule has 1 aliphatic heterocycles. The summed E-state index contributed by atoms with van der Waals surface area (Å²) in [6.45, 7) is 7.52. The molecule has 1 aliphatic rings. The molecule has 4 nitrogen and oxygen atoms in total. The Bertz CT molecular complexity index is 260. The molecule has 1 fully saturated rings. The molecule has 1 rings (SSSR count). The first kappa shape index (κ1) is 14.5. The normalized spacial score (nSPS) is 23.0. The molecule has 3 N–H and O–H groups in total. The van der Waals surface area contributed by atoms with E-state index in [1.807, 2.05) is 0 Å². The number of amidine groups is 1. The average molecular weight is 240 g/mol. The maximum absolute atomic E-state index is 7.57. The van der Waals surface area contributed by atoms with Crippen LogP contribution in [0, 0.1) is 10.8 Å². The van der Waals surface area contributed by atoms with E-state index in [1.54, 1.807) is 0 Å². The van der Waals surface area contributed by atoms with Gasteiger partial charge in [-0.3, -0.25) is 5.41 Å². The van der Waals surface area contributed by atoms with Crippen LogP contribution in [0.5, 0.6) is 0 Å². The van der Waals surface area contributed by atoms with Crippen molar-refractivity contribution in [2.24, 2.45) is 11.1 Å². The summed E-state index contributed by atoms with van der Waals surface area (Å²) in [5.74, 6) is 0.304. The first-order valence-corrected chi connectivity index (χ1v) is 6.56. The highest BCUT2D eigenvalue weighted by Gasteiger charge is 2.25. The second-order valence-corrected chi connectivity index (χ2v) is 6.11. The molecule has 17 heavy (non-hydrogen) atoms. The Hall–Kier alpha value is -0.610. The summed E-state index contributed by atoms with van der Waals surface area (Å²) in [5.41, 5.74) is 5.46. The van der Waals surface area contributed by atoms with Gasteiger partial charge in [0.05, 0.1) is 5.84 Å². The van der Waals surface area contributed by atoms with Crippen molar-refractivity contribution in [3.63, 3.8) is 0 Å².